The number of methoxy groups -OCH3 is 1. The fourth-order valence-electron chi connectivity index (χ4n) is 2.63. The van der Waals surface area contributed by atoms with Crippen LogP contribution in [0.5, 0.6) is 5.75 Å². The van der Waals surface area contributed by atoms with E-state index in [9.17, 15) is 8.42 Å². The van der Waals surface area contributed by atoms with Crippen LogP contribution in [0, 0.1) is 6.92 Å². The minimum atomic E-state index is -2.77. The van der Waals surface area contributed by atoms with Crippen molar-refractivity contribution in [1.82, 2.24) is 29.6 Å². The van der Waals surface area contributed by atoms with Gasteiger partial charge in [0.25, 0.3) is 0 Å². The molecule has 3 heterocycles. The molecule has 32 heavy (non-hydrogen) atoms. The van der Waals surface area contributed by atoms with E-state index < -0.39 is 10.9 Å². The molecule has 14 heteroatoms. The molecule has 170 valence electrons. The van der Waals surface area contributed by atoms with E-state index in [1.54, 1.807) is 26.2 Å². The topological polar surface area (TPSA) is 167 Å². The smallest absolute Gasteiger partial charge is 0.223 e. The van der Waals surface area contributed by atoms with Crippen LogP contribution in [-0.2, 0) is 22.2 Å². The molecular weight excluding hydrogens is 460 g/mol. The lowest BCUT2D eigenvalue weighted by Gasteiger charge is -2.14. The number of anilines is 3. The summed E-state index contributed by atoms with van der Waals surface area (Å²) >= 11 is 6.07. The Morgan fingerprint density at radius 2 is 1.94 bits per heavy atom. The second-order valence-electron chi connectivity index (χ2n) is 6.36. The van der Waals surface area contributed by atoms with Gasteiger partial charge in [0.05, 0.1) is 30.3 Å². The summed E-state index contributed by atoms with van der Waals surface area (Å²) in [5.41, 5.74) is 7.31. The van der Waals surface area contributed by atoms with E-state index in [0.717, 1.165) is 0 Å². The van der Waals surface area contributed by atoms with Gasteiger partial charge in [0.15, 0.2) is 5.82 Å². The molecule has 0 fully saturated rings. The SMILES string of the molecule is COCCOc1cnc(Nc2cnc(Cl)c(CN[SH](=O)=O)c2)c(-c2nc(C)nc(N)n2)c1. The number of nitrogen functional groups attached to an aromatic ring is 1. The first-order valence-corrected chi connectivity index (χ1v) is 10.8. The van der Waals surface area contributed by atoms with Crippen LogP contribution in [0.15, 0.2) is 24.5 Å². The number of nitrogens with one attached hydrogen (secondary N) is 2. The Morgan fingerprint density at radius 1 is 1.12 bits per heavy atom. The molecule has 0 saturated carbocycles. The highest BCUT2D eigenvalue weighted by Crippen LogP contribution is 2.30. The van der Waals surface area contributed by atoms with Crippen LogP contribution < -0.4 is 20.5 Å². The number of pyridine rings is 2. The van der Waals surface area contributed by atoms with Crippen molar-refractivity contribution in [1.29, 1.82) is 0 Å². The molecule has 0 aliphatic rings. The minimum absolute atomic E-state index is 0.00415. The average molecular weight is 481 g/mol. The number of nitrogens with zero attached hydrogens (tertiary/aromatic N) is 5. The summed E-state index contributed by atoms with van der Waals surface area (Å²) in [6.07, 6.45) is 3.03. The Hall–Kier alpha value is -3.13. The molecule has 0 aliphatic carbocycles. The van der Waals surface area contributed by atoms with Gasteiger partial charge in [-0.2, -0.15) is 9.97 Å². The van der Waals surface area contributed by atoms with Gasteiger partial charge in [0, 0.05) is 19.2 Å². The zero-order chi connectivity index (χ0) is 23.1. The molecule has 3 aromatic rings. The summed E-state index contributed by atoms with van der Waals surface area (Å²) in [4.78, 5) is 21.1. The molecule has 0 saturated heterocycles. The van der Waals surface area contributed by atoms with Crippen molar-refractivity contribution in [3.8, 4) is 17.1 Å². The number of hydrogen-bond donors (Lipinski definition) is 4. The lowest BCUT2D eigenvalue weighted by atomic mass is 10.2. The predicted octanol–water partition coefficient (Wildman–Crippen LogP) is 1.26. The van der Waals surface area contributed by atoms with Gasteiger partial charge in [-0.05, 0) is 19.1 Å². The van der Waals surface area contributed by atoms with Crippen LogP contribution in [0.1, 0.15) is 11.4 Å². The molecule has 3 aromatic heterocycles. The van der Waals surface area contributed by atoms with Crippen molar-refractivity contribution in [2.24, 2.45) is 0 Å². The number of aromatic nitrogens is 5. The predicted molar refractivity (Wildman–Crippen MR) is 119 cm³/mol. The van der Waals surface area contributed by atoms with Gasteiger partial charge in [-0.15, -0.1) is 0 Å². The number of rotatable bonds is 10. The Kier molecular flexibility index (Phi) is 8.05. The molecule has 3 rings (SSSR count). The highest BCUT2D eigenvalue weighted by atomic mass is 35.5. The monoisotopic (exact) mass is 480 g/mol. The summed E-state index contributed by atoms with van der Waals surface area (Å²) in [5.74, 6) is 1.69. The van der Waals surface area contributed by atoms with Crippen molar-refractivity contribution in [3.63, 3.8) is 0 Å². The fraction of sp³-hybridized carbons (Fsp3) is 0.278. The molecule has 0 bridgehead atoms. The summed E-state index contributed by atoms with van der Waals surface area (Å²) < 4.78 is 34.6. The normalized spacial score (nSPS) is 11.0. The largest absolute Gasteiger partial charge is 0.490 e. The minimum Gasteiger partial charge on any atom is -0.490 e. The van der Waals surface area contributed by atoms with E-state index in [2.05, 4.69) is 35.0 Å². The Labute approximate surface area is 190 Å². The first-order chi connectivity index (χ1) is 15.4. The van der Waals surface area contributed by atoms with E-state index in [1.807, 2.05) is 0 Å². The van der Waals surface area contributed by atoms with Crippen LogP contribution in [0.3, 0.4) is 0 Å². The maximum absolute atomic E-state index is 10.8. The van der Waals surface area contributed by atoms with E-state index >= 15 is 0 Å². The zero-order valence-electron chi connectivity index (χ0n) is 17.2. The molecule has 12 nitrogen and oxygen atoms in total. The molecule has 0 radical (unpaired) electrons. The fourth-order valence-corrected chi connectivity index (χ4v) is 3.10. The van der Waals surface area contributed by atoms with E-state index in [0.29, 0.717) is 53.2 Å². The molecule has 0 aliphatic heterocycles. The van der Waals surface area contributed by atoms with Gasteiger partial charge in [-0.25, -0.2) is 28.1 Å². The van der Waals surface area contributed by atoms with Crippen molar-refractivity contribution in [3.05, 3.63) is 41.1 Å². The van der Waals surface area contributed by atoms with Crippen LogP contribution in [-0.4, -0.2) is 53.7 Å². The number of ether oxygens (including phenoxy) is 2. The molecule has 0 atom stereocenters. The van der Waals surface area contributed by atoms with Crippen LogP contribution >= 0.6 is 11.6 Å². The average Bonchev–Trinajstić information content (AvgIpc) is 2.74. The van der Waals surface area contributed by atoms with Crippen LogP contribution in [0.2, 0.25) is 5.15 Å². The van der Waals surface area contributed by atoms with E-state index in [-0.39, 0.29) is 17.6 Å². The molecular formula is C18H21ClN8O4S. The van der Waals surface area contributed by atoms with Crippen LogP contribution in [0.25, 0.3) is 11.4 Å². The van der Waals surface area contributed by atoms with Crippen LogP contribution in [0.4, 0.5) is 17.5 Å². The standard InChI is InChI=1S/C18H21ClN8O4S/c1-10-24-17(27-18(20)25-10)14-6-13(31-4-3-30-2)9-22-16(14)26-12-5-11(7-23-32(28)29)15(19)21-8-12/h5-6,8-9,32H,3-4,7H2,1-2H3,(H,22,26)(H,23,28,29)(H2,20,24,25,27). The number of nitrogens with two attached hydrogens (primary N) is 1. The van der Waals surface area contributed by atoms with Gasteiger partial charge in [0.2, 0.25) is 16.8 Å². The third kappa shape index (κ3) is 6.43. The second-order valence-corrected chi connectivity index (χ2v) is 7.55. The van der Waals surface area contributed by atoms with Gasteiger partial charge in [-0.3, -0.25) is 0 Å². The molecule has 4 N–H and O–H groups in total. The first-order valence-electron chi connectivity index (χ1n) is 9.25. The number of hydrogen-bond acceptors (Lipinski definition) is 11. The van der Waals surface area contributed by atoms with Gasteiger partial charge < -0.3 is 20.5 Å². The summed E-state index contributed by atoms with van der Waals surface area (Å²) in [7, 11) is -1.19. The third-order valence-corrected chi connectivity index (χ3v) is 4.75. The molecule has 0 aromatic carbocycles. The lowest BCUT2D eigenvalue weighted by Crippen LogP contribution is -2.11. The Bertz CT molecular complexity index is 1150. The first kappa shape index (κ1) is 23.5. The summed E-state index contributed by atoms with van der Waals surface area (Å²) in [6, 6.07) is 3.37. The molecule has 0 amide bonds. The van der Waals surface area contributed by atoms with Crippen molar-refractivity contribution >= 4 is 39.9 Å². The molecule has 0 unspecified atom stereocenters. The van der Waals surface area contributed by atoms with Crippen molar-refractivity contribution in [2.75, 3.05) is 31.4 Å². The maximum Gasteiger partial charge on any atom is 0.223 e. The Morgan fingerprint density at radius 3 is 2.66 bits per heavy atom. The number of halogens is 1. The van der Waals surface area contributed by atoms with Crippen molar-refractivity contribution in [2.45, 2.75) is 13.5 Å². The second kappa shape index (κ2) is 10.9. The maximum atomic E-state index is 10.8. The van der Waals surface area contributed by atoms with E-state index in [1.165, 1.54) is 12.4 Å². The third-order valence-electron chi connectivity index (χ3n) is 4.00. The van der Waals surface area contributed by atoms with Gasteiger partial charge in [0.1, 0.15) is 29.2 Å². The highest BCUT2D eigenvalue weighted by molar-refractivity contribution is 7.70. The summed E-state index contributed by atoms with van der Waals surface area (Å²) in [6.45, 7) is 2.44. The quantitative estimate of drug-likeness (QED) is 0.187. The Balaban J connectivity index is 1.97. The van der Waals surface area contributed by atoms with Gasteiger partial charge >= 0.3 is 0 Å². The highest BCUT2D eigenvalue weighted by Gasteiger charge is 2.15. The molecule has 0 spiro atoms. The van der Waals surface area contributed by atoms with Crippen molar-refractivity contribution < 1.29 is 17.9 Å². The number of aryl methyl sites for hydroxylation is 1. The lowest BCUT2D eigenvalue weighted by molar-refractivity contribution is 0.146. The number of thiol groups is 1. The van der Waals surface area contributed by atoms with E-state index in [4.69, 9.17) is 26.8 Å². The zero-order valence-corrected chi connectivity index (χ0v) is 18.9. The van der Waals surface area contributed by atoms with Gasteiger partial charge in [-0.1, -0.05) is 11.6 Å². The summed E-state index contributed by atoms with van der Waals surface area (Å²) in [5, 5.41) is 3.30.